The highest BCUT2D eigenvalue weighted by molar-refractivity contribution is 7.25. The second-order valence-electron chi connectivity index (χ2n) is 11.4. The van der Waals surface area contributed by atoms with E-state index < -0.39 is 0 Å². The zero-order valence-corrected chi connectivity index (χ0v) is 24.8. The Morgan fingerprint density at radius 3 is 1.86 bits per heavy atom. The number of anilines is 3. The van der Waals surface area contributed by atoms with Gasteiger partial charge in [0.2, 0.25) is 0 Å². The van der Waals surface area contributed by atoms with Gasteiger partial charge in [0.15, 0.2) is 0 Å². The van der Waals surface area contributed by atoms with Crippen LogP contribution in [0.3, 0.4) is 0 Å². The number of rotatable bonds is 4. The maximum atomic E-state index is 2.46. The molecule has 206 valence electrons. The number of nitrogens with zero attached hydrogens (tertiary/aromatic N) is 1. The Morgan fingerprint density at radius 2 is 0.977 bits per heavy atom. The van der Waals surface area contributed by atoms with Crippen LogP contribution >= 0.6 is 11.3 Å². The van der Waals surface area contributed by atoms with Gasteiger partial charge in [0.1, 0.15) is 0 Å². The van der Waals surface area contributed by atoms with Gasteiger partial charge < -0.3 is 4.90 Å². The molecule has 0 atom stereocenters. The van der Waals surface area contributed by atoms with Crippen molar-refractivity contribution in [2.45, 2.75) is 0 Å². The van der Waals surface area contributed by atoms with E-state index in [4.69, 9.17) is 0 Å². The van der Waals surface area contributed by atoms with Crippen molar-refractivity contribution in [3.8, 4) is 11.1 Å². The normalized spacial score (nSPS) is 11.6. The largest absolute Gasteiger partial charge is 0.310 e. The lowest BCUT2D eigenvalue weighted by molar-refractivity contribution is 1.31. The van der Waals surface area contributed by atoms with Crippen LogP contribution in [0.15, 0.2) is 164 Å². The average molecular weight is 578 g/mol. The number of hydrogen-bond acceptors (Lipinski definition) is 2. The molecule has 0 aliphatic heterocycles. The molecule has 1 nitrogen and oxygen atoms in total. The fraction of sp³-hybridized carbons (Fsp3) is 0. The highest BCUT2D eigenvalue weighted by atomic mass is 32.1. The monoisotopic (exact) mass is 577 g/mol. The summed E-state index contributed by atoms with van der Waals surface area (Å²) in [4.78, 5) is 2.46. The quantitative estimate of drug-likeness (QED) is 0.188. The van der Waals surface area contributed by atoms with E-state index in [0.717, 1.165) is 11.4 Å². The summed E-state index contributed by atoms with van der Waals surface area (Å²) in [6.45, 7) is 0. The van der Waals surface area contributed by atoms with Crippen LogP contribution in [0.1, 0.15) is 0 Å². The molecule has 8 aromatic carbocycles. The summed E-state index contributed by atoms with van der Waals surface area (Å²) >= 11 is 1.87. The van der Waals surface area contributed by atoms with Crippen LogP contribution in [0.4, 0.5) is 17.1 Å². The zero-order chi connectivity index (χ0) is 29.0. The van der Waals surface area contributed by atoms with Crippen molar-refractivity contribution in [3.63, 3.8) is 0 Å². The average Bonchev–Trinajstić information content (AvgIpc) is 3.47. The van der Waals surface area contributed by atoms with Gasteiger partial charge in [-0.3, -0.25) is 0 Å². The van der Waals surface area contributed by atoms with E-state index in [1.807, 2.05) is 11.3 Å². The Balaban J connectivity index is 1.37. The van der Waals surface area contributed by atoms with Gasteiger partial charge in [0.25, 0.3) is 0 Å². The minimum Gasteiger partial charge on any atom is -0.310 e. The summed E-state index contributed by atoms with van der Waals surface area (Å²) in [6.07, 6.45) is 0. The fourth-order valence-corrected chi connectivity index (χ4v) is 7.90. The topological polar surface area (TPSA) is 3.24 Å². The van der Waals surface area contributed by atoms with E-state index in [9.17, 15) is 0 Å². The molecule has 0 aliphatic rings. The van der Waals surface area contributed by atoms with E-state index in [-0.39, 0.29) is 0 Å². The lowest BCUT2D eigenvalue weighted by Crippen LogP contribution is -2.10. The van der Waals surface area contributed by atoms with Crippen LogP contribution in [-0.4, -0.2) is 0 Å². The Morgan fingerprint density at radius 1 is 0.341 bits per heavy atom. The van der Waals surface area contributed by atoms with Crippen LogP contribution < -0.4 is 4.90 Å². The molecule has 44 heavy (non-hydrogen) atoms. The Bertz CT molecular complexity index is 2510. The molecular formula is C42H27NS. The number of benzene rings is 8. The second kappa shape index (κ2) is 10.1. The smallest absolute Gasteiger partial charge is 0.0546 e. The predicted octanol–water partition coefficient (Wildman–Crippen LogP) is 12.7. The molecule has 0 spiro atoms. The van der Waals surface area contributed by atoms with Crippen LogP contribution in [0, 0.1) is 0 Å². The van der Waals surface area contributed by atoms with Crippen LogP contribution in [0.2, 0.25) is 0 Å². The summed E-state index contributed by atoms with van der Waals surface area (Å²) < 4.78 is 2.61. The van der Waals surface area contributed by atoms with Crippen molar-refractivity contribution >= 4 is 80.9 Å². The third kappa shape index (κ3) is 4.00. The molecule has 0 radical (unpaired) electrons. The first-order valence-electron chi connectivity index (χ1n) is 15.0. The van der Waals surface area contributed by atoms with Gasteiger partial charge in [0, 0.05) is 36.9 Å². The molecule has 9 rings (SSSR count). The van der Waals surface area contributed by atoms with Crippen molar-refractivity contribution < 1.29 is 0 Å². The maximum Gasteiger partial charge on any atom is 0.0546 e. The van der Waals surface area contributed by atoms with Crippen LogP contribution in [-0.2, 0) is 0 Å². The molecule has 0 fully saturated rings. The summed E-state index contributed by atoms with van der Waals surface area (Å²) in [5.41, 5.74) is 5.88. The molecule has 1 aromatic heterocycles. The van der Waals surface area contributed by atoms with Crippen molar-refractivity contribution in [2.75, 3.05) is 4.90 Å². The van der Waals surface area contributed by atoms with Crippen molar-refractivity contribution in [2.24, 2.45) is 0 Å². The predicted molar refractivity (Wildman–Crippen MR) is 192 cm³/mol. The van der Waals surface area contributed by atoms with E-state index >= 15 is 0 Å². The van der Waals surface area contributed by atoms with E-state index in [1.54, 1.807) is 0 Å². The molecule has 0 unspecified atom stereocenters. The minimum absolute atomic E-state index is 1.14. The number of fused-ring (bicyclic) bond motifs is 8. The van der Waals surface area contributed by atoms with Gasteiger partial charge in [-0.05, 0) is 74.5 Å². The van der Waals surface area contributed by atoms with Crippen LogP contribution in [0.5, 0.6) is 0 Å². The van der Waals surface area contributed by atoms with Gasteiger partial charge in [-0.1, -0.05) is 127 Å². The first-order valence-corrected chi connectivity index (χ1v) is 15.8. The van der Waals surface area contributed by atoms with Crippen molar-refractivity contribution in [3.05, 3.63) is 164 Å². The SMILES string of the molecule is c1ccc(-c2cccc(N(c3ccc4c(c3)sc3ccccc34)c3cc4c5ccccc5ccc4c4ccccc34)c2)cc1. The molecule has 1 heterocycles. The Hall–Kier alpha value is -5.44. The van der Waals surface area contributed by atoms with E-state index in [2.05, 4.69) is 169 Å². The molecule has 0 N–H and O–H groups in total. The number of hydrogen-bond donors (Lipinski definition) is 0. The van der Waals surface area contributed by atoms with Gasteiger partial charge in [-0.15, -0.1) is 11.3 Å². The fourth-order valence-electron chi connectivity index (χ4n) is 6.76. The zero-order valence-electron chi connectivity index (χ0n) is 23.9. The lowest BCUT2D eigenvalue weighted by atomic mass is 9.95. The standard InChI is InChI=1S/C42H27NS/c1-2-11-28(12-3-1)30-14-10-15-31(25-30)43(32-22-24-38-37-19-8-9-20-41(37)44-42(38)26-32)40-27-39-33-16-5-4-13-29(33)21-23-35(39)34-17-6-7-18-36(34)40/h1-27H. The summed E-state index contributed by atoms with van der Waals surface area (Å²) in [5, 5.41) is 10.2. The molecule has 9 aromatic rings. The van der Waals surface area contributed by atoms with Gasteiger partial charge >= 0.3 is 0 Å². The summed E-state index contributed by atoms with van der Waals surface area (Å²) in [6, 6.07) is 59.8. The molecule has 0 aliphatic carbocycles. The molecule has 0 saturated heterocycles. The highest BCUT2D eigenvalue weighted by Crippen LogP contribution is 2.46. The first-order chi connectivity index (χ1) is 21.8. The van der Waals surface area contributed by atoms with E-state index in [1.165, 1.54) is 69.3 Å². The summed E-state index contributed by atoms with van der Waals surface area (Å²) in [5.74, 6) is 0. The molecule has 0 bridgehead atoms. The molecular weight excluding hydrogens is 551 g/mol. The summed E-state index contributed by atoms with van der Waals surface area (Å²) in [7, 11) is 0. The third-order valence-electron chi connectivity index (χ3n) is 8.82. The Labute approximate surface area is 259 Å². The lowest BCUT2D eigenvalue weighted by Gasteiger charge is -2.28. The number of thiophene rings is 1. The minimum atomic E-state index is 1.14. The third-order valence-corrected chi connectivity index (χ3v) is 9.95. The van der Waals surface area contributed by atoms with Crippen molar-refractivity contribution in [1.82, 2.24) is 0 Å². The van der Waals surface area contributed by atoms with Crippen molar-refractivity contribution in [1.29, 1.82) is 0 Å². The van der Waals surface area contributed by atoms with Gasteiger partial charge in [0.05, 0.1) is 5.69 Å². The second-order valence-corrected chi connectivity index (χ2v) is 12.4. The Kier molecular flexibility index (Phi) is 5.75. The van der Waals surface area contributed by atoms with E-state index in [0.29, 0.717) is 0 Å². The molecule has 2 heteroatoms. The van der Waals surface area contributed by atoms with Gasteiger partial charge in [-0.2, -0.15) is 0 Å². The maximum absolute atomic E-state index is 2.46. The van der Waals surface area contributed by atoms with Gasteiger partial charge in [-0.25, -0.2) is 0 Å². The first kappa shape index (κ1) is 25.1. The molecule has 0 saturated carbocycles. The van der Waals surface area contributed by atoms with Crippen LogP contribution in [0.25, 0.3) is 63.6 Å². The highest BCUT2D eigenvalue weighted by Gasteiger charge is 2.20. The molecule has 0 amide bonds.